The summed E-state index contributed by atoms with van der Waals surface area (Å²) >= 11 is 0. The molecule has 2 fully saturated rings. The number of hydrogen-bond donors (Lipinski definition) is 2. The standard InChI is InChI=1S/C18H33N3O3.ClH/c1-3-5-16(22)21-11-4-6-15(12-21)17(23)20-13-18(14-24-2)7-9-19-10-8-18;/h15,19H,3-14H2,1-2H3,(H,20,23);1H. The molecule has 0 saturated carbocycles. The van der Waals surface area contributed by atoms with Gasteiger partial charge in [0.2, 0.25) is 11.8 Å². The van der Waals surface area contributed by atoms with Crippen LogP contribution < -0.4 is 10.6 Å². The zero-order valence-corrected chi connectivity index (χ0v) is 16.5. The number of ether oxygens (including phenoxy) is 1. The smallest absolute Gasteiger partial charge is 0.224 e. The lowest BCUT2D eigenvalue weighted by Crippen LogP contribution is -2.50. The first-order valence-corrected chi connectivity index (χ1v) is 9.35. The van der Waals surface area contributed by atoms with Crippen LogP contribution in [0.15, 0.2) is 0 Å². The molecule has 0 aliphatic carbocycles. The molecule has 1 atom stereocenters. The topological polar surface area (TPSA) is 70.7 Å². The molecular formula is C18H34ClN3O3. The number of methoxy groups -OCH3 is 1. The van der Waals surface area contributed by atoms with Gasteiger partial charge in [0.15, 0.2) is 0 Å². The number of likely N-dealkylation sites (tertiary alicyclic amines) is 1. The van der Waals surface area contributed by atoms with Crippen molar-refractivity contribution in [1.82, 2.24) is 15.5 Å². The van der Waals surface area contributed by atoms with E-state index in [9.17, 15) is 9.59 Å². The number of hydrogen-bond acceptors (Lipinski definition) is 4. The van der Waals surface area contributed by atoms with Crippen LogP contribution in [-0.4, -0.2) is 63.2 Å². The van der Waals surface area contributed by atoms with Gasteiger partial charge in [-0.05, 0) is 45.2 Å². The number of nitrogens with zero attached hydrogens (tertiary/aromatic N) is 1. The van der Waals surface area contributed by atoms with Crippen molar-refractivity contribution in [2.24, 2.45) is 11.3 Å². The van der Waals surface area contributed by atoms with Crippen molar-refractivity contribution in [2.75, 3.05) is 46.4 Å². The van der Waals surface area contributed by atoms with E-state index in [1.807, 2.05) is 11.8 Å². The molecule has 7 heteroatoms. The van der Waals surface area contributed by atoms with Crippen LogP contribution in [-0.2, 0) is 14.3 Å². The molecule has 0 spiro atoms. The van der Waals surface area contributed by atoms with Crippen LogP contribution >= 0.6 is 12.4 Å². The summed E-state index contributed by atoms with van der Waals surface area (Å²) in [6.45, 7) is 6.68. The Morgan fingerprint density at radius 2 is 2.04 bits per heavy atom. The van der Waals surface area contributed by atoms with Crippen molar-refractivity contribution in [3.8, 4) is 0 Å². The average Bonchev–Trinajstić information content (AvgIpc) is 2.61. The SMILES string of the molecule is CCCC(=O)N1CCCC(C(=O)NCC2(COC)CCNCC2)C1.Cl. The van der Waals surface area contributed by atoms with Crippen molar-refractivity contribution in [2.45, 2.75) is 45.4 Å². The van der Waals surface area contributed by atoms with Crippen molar-refractivity contribution in [3.63, 3.8) is 0 Å². The normalized spacial score (nSPS) is 22.8. The third kappa shape index (κ3) is 6.42. The van der Waals surface area contributed by atoms with Crippen molar-refractivity contribution < 1.29 is 14.3 Å². The molecule has 146 valence electrons. The number of carbonyl (C=O) groups is 2. The molecular weight excluding hydrogens is 342 g/mol. The van der Waals surface area contributed by atoms with Gasteiger partial charge in [-0.3, -0.25) is 9.59 Å². The van der Waals surface area contributed by atoms with E-state index in [0.29, 0.717) is 26.1 Å². The highest BCUT2D eigenvalue weighted by atomic mass is 35.5. The Morgan fingerprint density at radius 3 is 2.68 bits per heavy atom. The van der Waals surface area contributed by atoms with Crippen LogP contribution in [0, 0.1) is 11.3 Å². The van der Waals surface area contributed by atoms with Gasteiger partial charge < -0.3 is 20.3 Å². The van der Waals surface area contributed by atoms with E-state index in [2.05, 4.69) is 10.6 Å². The Labute approximate surface area is 157 Å². The summed E-state index contributed by atoms with van der Waals surface area (Å²) in [4.78, 5) is 26.6. The number of halogens is 1. The molecule has 0 radical (unpaired) electrons. The zero-order valence-electron chi connectivity index (χ0n) is 15.6. The van der Waals surface area contributed by atoms with Gasteiger partial charge in [0.05, 0.1) is 12.5 Å². The molecule has 0 aromatic heterocycles. The van der Waals surface area contributed by atoms with Gasteiger partial charge in [0.1, 0.15) is 0 Å². The lowest BCUT2D eigenvalue weighted by Gasteiger charge is -2.38. The molecule has 2 rings (SSSR count). The van der Waals surface area contributed by atoms with Crippen molar-refractivity contribution in [1.29, 1.82) is 0 Å². The Kier molecular flexibility index (Phi) is 9.75. The summed E-state index contributed by atoms with van der Waals surface area (Å²) in [5.41, 5.74) is 0.0437. The molecule has 0 bridgehead atoms. The van der Waals surface area contributed by atoms with E-state index in [0.717, 1.165) is 51.7 Å². The van der Waals surface area contributed by atoms with Crippen molar-refractivity contribution in [3.05, 3.63) is 0 Å². The summed E-state index contributed by atoms with van der Waals surface area (Å²) in [6.07, 6.45) is 5.28. The van der Waals surface area contributed by atoms with E-state index in [-0.39, 0.29) is 35.6 Å². The first kappa shape index (κ1) is 22.2. The summed E-state index contributed by atoms with van der Waals surface area (Å²) < 4.78 is 5.41. The fourth-order valence-electron chi connectivity index (χ4n) is 3.84. The number of rotatable bonds is 7. The van der Waals surface area contributed by atoms with Crippen LogP contribution in [0.2, 0.25) is 0 Å². The molecule has 2 aliphatic heterocycles. The Morgan fingerprint density at radius 1 is 1.32 bits per heavy atom. The minimum atomic E-state index is -0.0686. The number of carbonyl (C=O) groups excluding carboxylic acids is 2. The summed E-state index contributed by atoms with van der Waals surface area (Å²) in [6, 6.07) is 0. The van der Waals surface area contributed by atoms with Crippen LogP contribution in [0.3, 0.4) is 0 Å². The van der Waals surface area contributed by atoms with Crippen LogP contribution in [0.1, 0.15) is 45.4 Å². The molecule has 0 aromatic rings. The van der Waals surface area contributed by atoms with Gasteiger partial charge in [0.25, 0.3) is 0 Å². The minimum Gasteiger partial charge on any atom is -0.384 e. The molecule has 2 amide bonds. The van der Waals surface area contributed by atoms with Gasteiger partial charge in [-0.2, -0.15) is 0 Å². The molecule has 1 unspecified atom stereocenters. The quantitative estimate of drug-likeness (QED) is 0.708. The van der Waals surface area contributed by atoms with E-state index >= 15 is 0 Å². The lowest BCUT2D eigenvalue weighted by molar-refractivity contribution is -0.136. The van der Waals surface area contributed by atoms with E-state index in [1.54, 1.807) is 7.11 Å². The molecule has 2 N–H and O–H groups in total. The average molecular weight is 376 g/mol. The Balaban J connectivity index is 0.00000312. The monoisotopic (exact) mass is 375 g/mol. The molecule has 25 heavy (non-hydrogen) atoms. The van der Waals surface area contributed by atoms with E-state index in [1.165, 1.54) is 0 Å². The number of amides is 2. The summed E-state index contributed by atoms with van der Waals surface area (Å²) in [7, 11) is 1.73. The van der Waals surface area contributed by atoms with Crippen LogP contribution in [0.4, 0.5) is 0 Å². The van der Waals surface area contributed by atoms with Crippen LogP contribution in [0.25, 0.3) is 0 Å². The molecule has 0 aromatic carbocycles. The highest BCUT2D eigenvalue weighted by Gasteiger charge is 2.34. The highest BCUT2D eigenvalue weighted by Crippen LogP contribution is 2.28. The largest absolute Gasteiger partial charge is 0.384 e. The fraction of sp³-hybridized carbons (Fsp3) is 0.889. The molecule has 2 heterocycles. The number of nitrogens with one attached hydrogen (secondary N) is 2. The molecule has 2 aliphatic rings. The summed E-state index contributed by atoms with van der Waals surface area (Å²) in [5, 5.41) is 6.52. The fourth-order valence-corrected chi connectivity index (χ4v) is 3.84. The third-order valence-electron chi connectivity index (χ3n) is 5.36. The van der Waals surface area contributed by atoms with Gasteiger partial charge in [-0.25, -0.2) is 0 Å². The predicted molar refractivity (Wildman–Crippen MR) is 101 cm³/mol. The third-order valence-corrected chi connectivity index (χ3v) is 5.36. The number of piperidine rings is 2. The second kappa shape index (κ2) is 11.0. The van der Waals surface area contributed by atoms with Gasteiger partial charge >= 0.3 is 0 Å². The van der Waals surface area contributed by atoms with Crippen LogP contribution in [0.5, 0.6) is 0 Å². The van der Waals surface area contributed by atoms with E-state index in [4.69, 9.17) is 4.74 Å². The van der Waals surface area contributed by atoms with Gasteiger partial charge in [-0.15, -0.1) is 12.4 Å². The zero-order chi connectivity index (χ0) is 17.4. The van der Waals surface area contributed by atoms with Gasteiger partial charge in [0, 0.05) is 38.6 Å². The maximum atomic E-state index is 12.6. The highest BCUT2D eigenvalue weighted by molar-refractivity contribution is 5.85. The second-order valence-electron chi connectivity index (χ2n) is 7.33. The molecule has 6 nitrogen and oxygen atoms in total. The minimum absolute atomic E-state index is 0. The first-order valence-electron chi connectivity index (χ1n) is 9.35. The maximum absolute atomic E-state index is 12.6. The van der Waals surface area contributed by atoms with Gasteiger partial charge in [-0.1, -0.05) is 6.92 Å². The Bertz CT molecular complexity index is 422. The maximum Gasteiger partial charge on any atom is 0.224 e. The van der Waals surface area contributed by atoms with Crippen molar-refractivity contribution >= 4 is 24.2 Å². The Hall–Kier alpha value is -0.850. The molecule has 2 saturated heterocycles. The second-order valence-corrected chi connectivity index (χ2v) is 7.33. The van der Waals surface area contributed by atoms with E-state index < -0.39 is 0 Å². The summed E-state index contributed by atoms with van der Waals surface area (Å²) in [5.74, 6) is 0.211. The first-order chi connectivity index (χ1) is 11.6. The predicted octanol–water partition coefficient (Wildman–Crippen LogP) is 1.58. The lowest BCUT2D eigenvalue weighted by atomic mass is 9.79.